The molecule has 3 nitrogen and oxygen atoms in total. The maximum atomic E-state index is 11.2. The van der Waals surface area contributed by atoms with Gasteiger partial charge in [0.15, 0.2) is 0 Å². The van der Waals surface area contributed by atoms with Crippen LogP contribution in [0.1, 0.15) is 35.1 Å². The molecule has 1 aliphatic carbocycles. The molecular weight excluding hydrogens is 210 g/mol. The second-order valence-corrected chi connectivity index (χ2v) is 5.25. The molecule has 0 aliphatic heterocycles. The third-order valence-corrected chi connectivity index (χ3v) is 4.38. The maximum Gasteiger partial charge on any atom is 0.328 e. The standard InChI is InChI=1S/C11H15NO2S/c1-2-7-6-8-9(15-7)4-3-5-11(8,12)10(13)14/h6H,2-5,12H2,1H3,(H,13,14). The SMILES string of the molecule is CCc1cc2c(s1)CCCC2(N)C(=O)O. The van der Waals surface area contributed by atoms with Gasteiger partial charge in [0.25, 0.3) is 0 Å². The number of carbonyl (C=O) groups is 1. The van der Waals surface area contributed by atoms with Gasteiger partial charge in [-0.05, 0) is 37.3 Å². The average molecular weight is 225 g/mol. The highest BCUT2D eigenvalue weighted by Crippen LogP contribution is 2.38. The van der Waals surface area contributed by atoms with Crippen LogP contribution in [-0.4, -0.2) is 11.1 Å². The lowest BCUT2D eigenvalue weighted by molar-refractivity contribution is -0.144. The minimum atomic E-state index is -1.14. The van der Waals surface area contributed by atoms with Gasteiger partial charge in [-0.2, -0.15) is 0 Å². The molecular formula is C11H15NO2S. The van der Waals surface area contributed by atoms with Gasteiger partial charge in [0.2, 0.25) is 0 Å². The third-order valence-electron chi connectivity index (χ3n) is 3.05. The van der Waals surface area contributed by atoms with Crippen molar-refractivity contribution < 1.29 is 9.90 Å². The van der Waals surface area contributed by atoms with Crippen molar-refractivity contribution in [3.63, 3.8) is 0 Å². The predicted molar refractivity (Wildman–Crippen MR) is 60.1 cm³/mol. The van der Waals surface area contributed by atoms with Crippen LogP contribution < -0.4 is 5.73 Å². The van der Waals surface area contributed by atoms with E-state index >= 15 is 0 Å². The van der Waals surface area contributed by atoms with E-state index in [1.165, 1.54) is 9.75 Å². The third kappa shape index (κ3) is 1.58. The fourth-order valence-electron chi connectivity index (χ4n) is 2.11. The highest BCUT2D eigenvalue weighted by atomic mass is 32.1. The number of hydrogen-bond donors (Lipinski definition) is 2. The highest BCUT2D eigenvalue weighted by molar-refractivity contribution is 7.12. The van der Waals surface area contributed by atoms with Crippen LogP contribution in [0.2, 0.25) is 0 Å². The number of nitrogens with two attached hydrogens (primary N) is 1. The van der Waals surface area contributed by atoms with Gasteiger partial charge in [0.1, 0.15) is 5.54 Å². The molecule has 0 spiro atoms. The van der Waals surface area contributed by atoms with Gasteiger partial charge in [-0.3, -0.25) is 0 Å². The molecule has 2 rings (SSSR count). The highest BCUT2D eigenvalue weighted by Gasteiger charge is 2.40. The quantitative estimate of drug-likeness (QED) is 0.807. The number of fused-ring (bicyclic) bond motifs is 1. The fraction of sp³-hybridized carbons (Fsp3) is 0.545. The summed E-state index contributed by atoms with van der Waals surface area (Å²) in [4.78, 5) is 13.6. The summed E-state index contributed by atoms with van der Waals surface area (Å²) in [6.07, 6.45) is 3.36. The van der Waals surface area contributed by atoms with Crippen LogP contribution in [-0.2, 0) is 23.2 Å². The van der Waals surface area contributed by atoms with Crippen LogP contribution in [0.25, 0.3) is 0 Å². The Hall–Kier alpha value is -0.870. The Morgan fingerprint density at radius 1 is 1.73 bits per heavy atom. The first-order valence-electron chi connectivity index (χ1n) is 5.22. The average Bonchev–Trinajstić information content (AvgIpc) is 2.62. The van der Waals surface area contributed by atoms with E-state index < -0.39 is 11.5 Å². The summed E-state index contributed by atoms with van der Waals surface area (Å²) in [5.74, 6) is -0.899. The molecule has 0 saturated heterocycles. The zero-order chi connectivity index (χ0) is 11.1. The maximum absolute atomic E-state index is 11.2. The molecule has 82 valence electrons. The lowest BCUT2D eigenvalue weighted by Crippen LogP contribution is -2.46. The van der Waals surface area contributed by atoms with E-state index in [1.807, 2.05) is 6.07 Å². The van der Waals surface area contributed by atoms with Gasteiger partial charge >= 0.3 is 5.97 Å². The lowest BCUT2D eigenvalue weighted by atomic mass is 9.81. The molecule has 15 heavy (non-hydrogen) atoms. The second-order valence-electron chi connectivity index (χ2n) is 4.03. The summed E-state index contributed by atoms with van der Waals surface area (Å²) >= 11 is 1.71. The minimum Gasteiger partial charge on any atom is -0.480 e. The number of aliphatic carboxylic acids is 1. The van der Waals surface area contributed by atoms with Gasteiger partial charge in [0.05, 0.1) is 0 Å². The number of aryl methyl sites for hydroxylation is 2. The molecule has 1 aromatic heterocycles. The summed E-state index contributed by atoms with van der Waals surface area (Å²) in [6.45, 7) is 2.08. The summed E-state index contributed by atoms with van der Waals surface area (Å²) in [6, 6.07) is 1.98. The van der Waals surface area contributed by atoms with Crippen LogP contribution in [0, 0.1) is 0 Å². The molecule has 3 N–H and O–H groups in total. The zero-order valence-electron chi connectivity index (χ0n) is 8.75. The van der Waals surface area contributed by atoms with E-state index in [4.69, 9.17) is 5.73 Å². The predicted octanol–water partition coefficient (Wildman–Crippen LogP) is 1.89. The van der Waals surface area contributed by atoms with Crippen molar-refractivity contribution in [2.75, 3.05) is 0 Å². The molecule has 1 aromatic rings. The van der Waals surface area contributed by atoms with Crippen LogP contribution in [0.4, 0.5) is 0 Å². The van der Waals surface area contributed by atoms with Crippen molar-refractivity contribution in [1.29, 1.82) is 0 Å². The van der Waals surface area contributed by atoms with E-state index in [9.17, 15) is 9.90 Å². The summed E-state index contributed by atoms with van der Waals surface area (Å²) in [7, 11) is 0. The van der Waals surface area contributed by atoms with Crippen LogP contribution >= 0.6 is 11.3 Å². The monoisotopic (exact) mass is 225 g/mol. The van der Waals surface area contributed by atoms with Crippen molar-refractivity contribution in [3.8, 4) is 0 Å². The Kier molecular flexibility index (Phi) is 2.56. The molecule has 1 unspecified atom stereocenters. The molecule has 1 aliphatic rings. The lowest BCUT2D eigenvalue weighted by Gasteiger charge is -2.29. The zero-order valence-corrected chi connectivity index (χ0v) is 9.56. The minimum absolute atomic E-state index is 0.551. The Labute approximate surface area is 92.9 Å². The van der Waals surface area contributed by atoms with Crippen LogP contribution in [0.15, 0.2) is 6.07 Å². The van der Waals surface area contributed by atoms with E-state index in [2.05, 4.69) is 6.92 Å². The summed E-state index contributed by atoms with van der Waals surface area (Å²) < 4.78 is 0. The van der Waals surface area contributed by atoms with Gasteiger partial charge < -0.3 is 10.8 Å². The first-order chi connectivity index (χ1) is 7.08. The number of hydrogen-bond acceptors (Lipinski definition) is 3. The molecule has 0 aromatic carbocycles. The first-order valence-corrected chi connectivity index (χ1v) is 6.04. The number of thiophene rings is 1. The molecule has 0 radical (unpaired) electrons. The molecule has 1 heterocycles. The molecule has 0 fully saturated rings. The van der Waals surface area contributed by atoms with Crippen molar-refractivity contribution in [2.45, 2.75) is 38.1 Å². The number of carboxylic acid groups (broad SMARTS) is 1. The Bertz CT molecular complexity index is 399. The smallest absolute Gasteiger partial charge is 0.328 e. The largest absolute Gasteiger partial charge is 0.480 e. The molecule has 0 saturated carbocycles. The van der Waals surface area contributed by atoms with E-state index in [0.717, 1.165) is 24.8 Å². The van der Waals surface area contributed by atoms with Crippen molar-refractivity contribution >= 4 is 17.3 Å². The number of carboxylic acids is 1. The van der Waals surface area contributed by atoms with E-state index in [-0.39, 0.29) is 0 Å². The molecule has 0 amide bonds. The normalized spacial score (nSPS) is 24.9. The molecule has 4 heteroatoms. The summed E-state index contributed by atoms with van der Waals surface area (Å²) in [5.41, 5.74) is 5.70. The first kappa shape index (κ1) is 10.6. The Balaban J connectivity index is 2.50. The second kappa shape index (κ2) is 3.61. The van der Waals surface area contributed by atoms with Crippen molar-refractivity contribution in [1.82, 2.24) is 0 Å². The van der Waals surface area contributed by atoms with Gasteiger partial charge in [0, 0.05) is 9.75 Å². The summed E-state index contributed by atoms with van der Waals surface area (Å²) in [5, 5.41) is 9.21. The van der Waals surface area contributed by atoms with Crippen LogP contribution in [0.5, 0.6) is 0 Å². The Morgan fingerprint density at radius 3 is 3.07 bits per heavy atom. The van der Waals surface area contributed by atoms with Crippen LogP contribution in [0.3, 0.4) is 0 Å². The topological polar surface area (TPSA) is 63.3 Å². The van der Waals surface area contributed by atoms with Gasteiger partial charge in [-0.1, -0.05) is 6.92 Å². The van der Waals surface area contributed by atoms with Crippen molar-refractivity contribution in [2.24, 2.45) is 5.73 Å². The molecule has 0 bridgehead atoms. The van der Waals surface area contributed by atoms with E-state index in [1.54, 1.807) is 11.3 Å². The Morgan fingerprint density at radius 2 is 2.47 bits per heavy atom. The van der Waals surface area contributed by atoms with E-state index in [0.29, 0.717) is 6.42 Å². The number of rotatable bonds is 2. The van der Waals surface area contributed by atoms with Gasteiger partial charge in [-0.15, -0.1) is 11.3 Å². The van der Waals surface area contributed by atoms with Gasteiger partial charge in [-0.25, -0.2) is 4.79 Å². The molecule has 1 atom stereocenters. The van der Waals surface area contributed by atoms with Crippen molar-refractivity contribution in [3.05, 3.63) is 21.4 Å². The fourth-order valence-corrected chi connectivity index (χ4v) is 3.34.